The summed E-state index contributed by atoms with van der Waals surface area (Å²) in [4.78, 5) is 36.9. The van der Waals surface area contributed by atoms with E-state index in [1.807, 2.05) is 30.3 Å². The molecule has 0 fully saturated rings. The van der Waals surface area contributed by atoms with Gasteiger partial charge in [-0.15, -0.1) is 0 Å². The van der Waals surface area contributed by atoms with Crippen molar-refractivity contribution in [1.82, 2.24) is 10.7 Å². The van der Waals surface area contributed by atoms with Crippen molar-refractivity contribution in [2.24, 2.45) is 5.10 Å². The number of benzene rings is 3. The van der Waals surface area contributed by atoms with E-state index in [2.05, 4.69) is 31.8 Å². The van der Waals surface area contributed by atoms with Gasteiger partial charge in [-0.1, -0.05) is 53.5 Å². The first kappa shape index (κ1) is 31.7. The minimum atomic E-state index is -1.14. The number of halogens is 3. The lowest BCUT2D eigenvalue weighted by Gasteiger charge is -2.21. The summed E-state index contributed by atoms with van der Waals surface area (Å²) in [6.07, 6.45) is 0.578. The molecule has 0 bridgehead atoms. The Morgan fingerprint density at radius 2 is 1.78 bits per heavy atom. The molecule has 0 saturated carbocycles. The van der Waals surface area contributed by atoms with Gasteiger partial charge in [0.15, 0.2) is 24.2 Å². The minimum Gasteiger partial charge on any atom is -0.493 e. The van der Waals surface area contributed by atoms with E-state index in [1.54, 1.807) is 24.3 Å². The van der Waals surface area contributed by atoms with Gasteiger partial charge in [0.2, 0.25) is 0 Å². The summed E-state index contributed by atoms with van der Waals surface area (Å²) in [6.45, 7) is 0.981. The number of nitrogens with zero attached hydrogens (tertiary/aromatic N) is 1. The van der Waals surface area contributed by atoms with Crippen molar-refractivity contribution >= 4 is 63.1 Å². The van der Waals surface area contributed by atoms with Crippen molar-refractivity contribution in [3.63, 3.8) is 0 Å². The molecule has 3 N–H and O–H groups in total. The van der Waals surface area contributed by atoms with E-state index in [0.717, 1.165) is 5.56 Å². The Labute approximate surface area is 254 Å². The number of hydrogen-bond acceptors (Lipinski definition) is 7. The smallest absolute Gasteiger partial charge is 0.341 e. The normalized spacial score (nSPS) is 12.3. The van der Waals surface area contributed by atoms with Crippen LogP contribution in [0.3, 0.4) is 0 Å². The maximum atomic E-state index is 13.1. The van der Waals surface area contributed by atoms with Gasteiger partial charge in [0.1, 0.15) is 11.8 Å². The molecule has 0 saturated heterocycles. The summed E-state index contributed by atoms with van der Waals surface area (Å²) < 4.78 is 16.7. The second kappa shape index (κ2) is 15.3. The third kappa shape index (κ3) is 9.66. The van der Waals surface area contributed by atoms with Crippen LogP contribution in [-0.2, 0) is 20.8 Å². The van der Waals surface area contributed by atoms with Crippen molar-refractivity contribution in [3.8, 4) is 17.2 Å². The second-order valence-electron chi connectivity index (χ2n) is 8.54. The van der Waals surface area contributed by atoms with Crippen LogP contribution in [0.25, 0.3) is 0 Å². The number of nitrogens with one attached hydrogen (secondary N) is 2. The van der Waals surface area contributed by atoms with Gasteiger partial charge in [-0.3, -0.25) is 9.59 Å². The Hall–Kier alpha value is -3.80. The number of carbonyl (C=O) groups is 3. The average Bonchev–Trinajstić information content (AvgIpc) is 2.93. The average molecular weight is 667 g/mol. The molecule has 3 aromatic carbocycles. The zero-order valence-electron chi connectivity index (χ0n) is 21.9. The van der Waals surface area contributed by atoms with E-state index in [-0.39, 0.29) is 28.7 Å². The van der Waals surface area contributed by atoms with Gasteiger partial charge in [0.25, 0.3) is 11.8 Å². The molecular weight excluding hydrogens is 641 g/mol. The Balaban J connectivity index is 1.72. The van der Waals surface area contributed by atoms with Crippen LogP contribution in [0.5, 0.6) is 17.2 Å². The summed E-state index contributed by atoms with van der Waals surface area (Å²) >= 11 is 15.4. The van der Waals surface area contributed by atoms with Crippen LogP contribution in [0, 0.1) is 0 Å². The molecule has 10 nitrogen and oxygen atoms in total. The Kier molecular flexibility index (Phi) is 11.8. The third-order valence-corrected chi connectivity index (χ3v) is 6.58. The molecule has 2 atom stereocenters. The fraction of sp³-hybridized carbons (Fsp3) is 0.214. The molecule has 3 rings (SSSR count). The van der Waals surface area contributed by atoms with Crippen LogP contribution in [-0.4, -0.2) is 55.0 Å². The lowest BCUT2D eigenvalue weighted by atomic mass is 10.1. The number of rotatable bonds is 13. The molecule has 0 spiro atoms. The van der Waals surface area contributed by atoms with Crippen molar-refractivity contribution in [3.05, 3.63) is 86.3 Å². The van der Waals surface area contributed by atoms with Gasteiger partial charge in [0.05, 0.1) is 22.8 Å². The molecule has 0 aliphatic heterocycles. The topological polar surface area (TPSA) is 136 Å². The summed E-state index contributed by atoms with van der Waals surface area (Å²) in [7, 11) is 1.40. The molecule has 13 heteroatoms. The van der Waals surface area contributed by atoms with E-state index >= 15 is 0 Å². The fourth-order valence-corrected chi connectivity index (χ4v) is 4.53. The van der Waals surface area contributed by atoms with Crippen molar-refractivity contribution in [2.75, 3.05) is 13.7 Å². The molecule has 216 valence electrons. The van der Waals surface area contributed by atoms with Gasteiger partial charge in [-0.25, -0.2) is 10.2 Å². The van der Waals surface area contributed by atoms with E-state index in [4.69, 9.17) is 42.5 Å². The van der Waals surface area contributed by atoms with Crippen LogP contribution < -0.4 is 25.0 Å². The Morgan fingerprint density at radius 1 is 1.05 bits per heavy atom. The summed E-state index contributed by atoms with van der Waals surface area (Å²) in [5, 5.41) is 16.3. The Morgan fingerprint density at radius 3 is 2.44 bits per heavy atom. The quantitative estimate of drug-likeness (QED) is 0.175. The number of amides is 2. The van der Waals surface area contributed by atoms with Gasteiger partial charge < -0.3 is 24.6 Å². The minimum absolute atomic E-state index is 0.192. The monoisotopic (exact) mass is 665 g/mol. The molecule has 0 aliphatic rings. The molecule has 0 aliphatic carbocycles. The highest BCUT2D eigenvalue weighted by Gasteiger charge is 2.25. The van der Waals surface area contributed by atoms with E-state index < -0.39 is 36.5 Å². The van der Waals surface area contributed by atoms with Crippen molar-refractivity contribution in [1.29, 1.82) is 0 Å². The molecule has 2 amide bonds. The number of carboxylic acid groups (broad SMARTS) is 1. The first-order valence-corrected chi connectivity index (χ1v) is 13.6. The third-order valence-electron chi connectivity index (χ3n) is 5.46. The molecule has 0 unspecified atom stereocenters. The van der Waals surface area contributed by atoms with E-state index in [1.165, 1.54) is 26.3 Å². The number of methoxy groups -OCH3 is 1. The van der Waals surface area contributed by atoms with Gasteiger partial charge in [-0.05, 0) is 64.3 Å². The molecule has 3 aromatic rings. The molecule has 0 radical (unpaired) electrons. The maximum absolute atomic E-state index is 13.1. The largest absolute Gasteiger partial charge is 0.493 e. The molecule has 0 aromatic heterocycles. The number of aliphatic carboxylic acids is 1. The number of hydrazone groups is 1. The van der Waals surface area contributed by atoms with Gasteiger partial charge in [-0.2, -0.15) is 5.10 Å². The predicted molar refractivity (Wildman–Crippen MR) is 158 cm³/mol. The number of hydrogen-bond donors (Lipinski definition) is 3. The van der Waals surface area contributed by atoms with Gasteiger partial charge >= 0.3 is 5.97 Å². The van der Waals surface area contributed by atoms with E-state index in [9.17, 15) is 14.4 Å². The Bertz CT molecular complexity index is 1420. The predicted octanol–water partition coefficient (Wildman–Crippen LogP) is 4.87. The van der Waals surface area contributed by atoms with Crippen LogP contribution >= 0.6 is 39.1 Å². The SMILES string of the molecule is COc1cc(/C=N\NC(=O)[C@H](Cc2ccccc2)NC(=O)[C@H](C)Oc2ccc(Cl)cc2Cl)cc(Br)c1OCC(=O)O. The fourth-order valence-electron chi connectivity index (χ4n) is 3.50. The first-order chi connectivity index (χ1) is 19.6. The highest BCUT2D eigenvalue weighted by Crippen LogP contribution is 2.36. The van der Waals surface area contributed by atoms with Gasteiger partial charge in [0, 0.05) is 11.4 Å². The lowest BCUT2D eigenvalue weighted by Crippen LogP contribution is -2.50. The van der Waals surface area contributed by atoms with Crippen LogP contribution in [0.15, 0.2) is 70.2 Å². The summed E-state index contributed by atoms with van der Waals surface area (Å²) in [6, 6.07) is 16.0. The van der Waals surface area contributed by atoms with Crippen LogP contribution in [0.1, 0.15) is 18.1 Å². The number of carbonyl (C=O) groups excluding carboxylic acids is 2. The highest BCUT2D eigenvalue weighted by atomic mass is 79.9. The molecule has 0 heterocycles. The first-order valence-electron chi connectivity index (χ1n) is 12.1. The second-order valence-corrected chi connectivity index (χ2v) is 10.2. The van der Waals surface area contributed by atoms with Crippen LogP contribution in [0.4, 0.5) is 0 Å². The van der Waals surface area contributed by atoms with Crippen molar-refractivity contribution < 1.29 is 33.7 Å². The lowest BCUT2D eigenvalue weighted by molar-refractivity contribution is -0.139. The summed E-state index contributed by atoms with van der Waals surface area (Å²) in [5.41, 5.74) is 3.78. The maximum Gasteiger partial charge on any atom is 0.341 e. The standard InChI is InChI=1S/C28H26BrCl2N3O7/c1-16(41-23-9-8-19(30)13-21(23)31)27(37)33-22(11-17-6-4-3-5-7-17)28(38)34-32-14-18-10-20(29)26(24(12-18)39-2)40-15-25(35)36/h3-10,12-14,16,22H,11,15H2,1-2H3,(H,33,37)(H,34,38)(H,35,36)/b32-14-/t16-,22-/m0/s1. The zero-order chi connectivity index (χ0) is 29.9. The van der Waals surface area contributed by atoms with E-state index in [0.29, 0.717) is 15.1 Å². The molecular formula is C28H26BrCl2N3O7. The summed E-state index contributed by atoms with van der Waals surface area (Å²) in [5.74, 6) is -1.51. The van der Waals surface area contributed by atoms with Crippen molar-refractivity contribution in [2.45, 2.75) is 25.5 Å². The highest BCUT2D eigenvalue weighted by molar-refractivity contribution is 9.10. The number of carboxylic acids is 1. The zero-order valence-corrected chi connectivity index (χ0v) is 25.0. The van der Waals surface area contributed by atoms with Crippen LogP contribution in [0.2, 0.25) is 10.0 Å². The molecule has 41 heavy (non-hydrogen) atoms. The number of ether oxygens (including phenoxy) is 3.